The Hall–Kier alpha value is -4.90. The lowest BCUT2D eigenvalue weighted by Gasteiger charge is -2.22. The summed E-state index contributed by atoms with van der Waals surface area (Å²) in [6, 6.07) is 21.9. The number of guanidine groups is 1. The summed E-state index contributed by atoms with van der Waals surface area (Å²) in [5.74, 6) is 1.17. The van der Waals surface area contributed by atoms with Gasteiger partial charge in [0.2, 0.25) is 5.91 Å². The fraction of sp³-hybridized carbons (Fsp3) is 0.333. The van der Waals surface area contributed by atoms with Crippen molar-refractivity contribution in [3.63, 3.8) is 0 Å². The molecule has 0 bridgehead atoms. The predicted molar refractivity (Wildman–Crippen MR) is 172 cm³/mol. The van der Waals surface area contributed by atoms with Gasteiger partial charge in [-0.1, -0.05) is 37.3 Å². The highest BCUT2D eigenvalue weighted by Gasteiger charge is 2.26. The fourth-order valence-corrected chi connectivity index (χ4v) is 5.83. The minimum Gasteiger partial charge on any atom is -0.457 e. The monoisotopic (exact) mass is 596 g/mol. The Kier molecular flexibility index (Phi) is 9.75. The molecule has 4 aromatic rings. The molecule has 3 aromatic carbocycles. The second-order valence-corrected chi connectivity index (χ2v) is 11.0. The Morgan fingerprint density at radius 3 is 2.59 bits per heavy atom. The van der Waals surface area contributed by atoms with Crippen LogP contribution in [0.1, 0.15) is 49.0 Å². The van der Waals surface area contributed by atoms with Gasteiger partial charge in [0, 0.05) is 30.3 Å². The molecule has 5 rings (SSSR count). The summed E-state index contributed by atoms with van der Waals surface area (Å²) < 4.78 is 7.92. The van der Waals surface area contributed by atoms with E-state index in [4.69, 9.17) is 26.9 Å². The fourth-order valence-electron chi connectivity index (χ4n) is 5.83. The lowest BCUT2D eigenvalue weighted by molar-refractivity contribution is -0.121. The van der Waals surface area contributed by atoms with Gasteiger partial charge >= 0.3 is 0 Å². The summed E-state index contributed by atoms with van der Waals surface area (Å²) in [5.41, 5.74) is 19.5. The number of benzene rings is 3. The number of para-hydroxylation sites is 1. The first kappa shape index (κ1) is 30.6. The van der Waals surface area contributed by atoms with Crippen molar-refractivity contribution in [1.82, 2.24) is 19.8 Å². The molecule has 11 nitrogen and oxygen atoms in total. The van der Waals surface area contributed by atoms with E-state index in [0.29, 0.717) is 65.9 Å². The molecule has 1 fully saturated rings. The van der Waals surface area contributed by atoms with E-state index in [9.17, 15) is 9.59 Å². The molecule has 1 aliphatic rings. The van der Waals surface area contributed by atoms with Crippen LogP contribution in [0.25, 0.3) is 22.4 Å². The molecule has 0 aliphatic carbocycles. The number of likely N-dealkylation sites (tertiary alicyclic amines) is 1. The predicted octanol–water partition coefficient (Wildman–Crippen LogP) is 3.79. The summed E-state index contributed by atoms with van der Waals surface area (Å²) in [6.45, 7) is 5.13. The number of likely N-dealkylation sites (N-methyl/N-ethyl adjacent to an activating group) is 1. The molecule has 11 heteroatoms. The summed E-state index contributed by atoms with van der Waals surface area (Å²) in [6.07, 6.45) is 3.14. The van der Waals surface area contributed by atoms with Crippen LogP contribution >= 0.6 is 0 Å². The maximum Gasteiger partial charge on any atom is 0.251 e. The minimum atomic E-state index is -0.732. The van der Waals surface area contributed by atoms with E-state index in [1.165, 1.54) is 0 Å². The van der Waals surface area contributed by atoms with Crippen molar-refractivity contribution in [2.24, 2.45) is 22.2 Å². The van der Waals surface area contributed by atoms with Crippen molar-refractivity contribution in [2.75, 3.05) is 26.2 Å². The Morgan fingerprint density at radius 2 is 1.84 bits per heavy atom. The van der Waals surface area contributed by atoms with E-state index in [1.807, 2.05) is 65.2 Å². The van der Waals surface area contributed by atoms with Crippen molar-refractivity contribution in [2.45, 2.75) is 44.7 Å². The van der Waals surface area contributed by atoms with E-state index in [0.717, 1.165) is 31.5 Å². The molecule has 0 saturated carbocycles. The molecule has 2 amide bonds. The second kappa shape index (κ2) is 14.0. The van der Waals surface area contributed by atoms with Gasteiger partial charge in [-0.3, -0.25) is 19.5 Å². The molecule has 44 heavy (non-hydrogen) atoms. The third kappa shape index (κ3) is 7.17. The molecule has 1 aliphatic heterocycles. The third-order valence-electron chi connectivity index (χ3n) is 8.00. The number of nitrogens with zero attached hydrogens (tertiary/aromatic N) is 4. The van der Waals surface area contributed by atoms with E-state index in [1.54, 1.807) is 12.1 Å². The molecule has 2 atom stereocenters. The molecule has 7 N–H and O–H groups in total. The van der Waals surface area contributed by atoms with E-state index in [2.05, 4.69) is 22.1 Å². The summed E-state index contributed by atoms with van der Waals surface area (Å²) in [7, 11) is 0. The van der Waals surface area contributed by atoms with Gasteiger partial charge in [-0.15, -0.1) is 0 Å². The van der Waals surface area contributed by atoms with Gasteiger partial charge in [0.05, 0.1) is 11.0 Å². The number of hydrogen-bond donors (Lipinski definition) is 4. The van der Waals surface area contributed by atoms with E-state index >= 15 is 0 Å². The number of aliphatic imine (C=N–C) groups is 1. The Morgan fingerprint density at radius 1 is 1.05 bits per heavy atom. The molecule has 230 valence electrons. The van der Waals surface area contributed by atoms with Gasteiger partial charge in [-0.25, -0.2) is 4.98 Å². The zero-order valence-electron chi connectivity index (χ0n) is 25.0. The third-order valence-corrected chi connectivity index (χ3v) is 8.00. The number of hydrogen-bond acceptors (Lipinski definition) is 6. The quantitative estimate of drug-likeness (QED) is 0.103. The van der Waals surface area contributed by atoms with Gasteiger partial charge < -0.3 is 31.8 Å². The van der Waals surface area contributed by atoms with Gasteiger partial charge in [0.25, 0.3) is 5.91 Å². The number of ether oxygens (including phenoxy) is 1. The van der Waals surface area contributed by atoms with Crippen molar-refractivity contribution >= 4 is 28.8 Å². The number of carbonyl (C=O) groups excluding carboxylic acids is 2. The number of nitrogens with two attached hydrogens (primary N) is 3. The molecule has 0 radical (unpaired) electrons. The molecule has 1 saturated heterocycles. The lowest BCUT2D eigenvalue weighted by Crippen LogP contribution is -2.40. The summed E-state index contributed by atoms with van der Waals surface area (Å²) >= 11 is 0. The smallest absolute Gasteiger partial charge is 0.251 e. The van der Waals surface area contributed by atoms with Gasteiger partial charge in [-0.05, 0) is 81.2 Å². The highest BCUT2D eigenvalue weighted by atomic mass is 16.5. The molecule has 2 heterocycles. The largest absolute Gasteiger partial charge is 0.457 e. The molecule has 1 aromatic heterocycles. The number of amides is 2. The highest BCUT2D eigenvalue weighted by molar-refractivity contribution is 5.98. The Labute approximate surface area is 257 Å². The normalized spacial score (nSPS) is 15.6. The van der Waals surface area contributed by atoms with Crippen LogP contribution in [0.15, 0.2) is 77.8 Å². The average Bonchev–Trinajstić information content (AvgIpc) is 3.64. The standard InChI is InChI=1S/C33H40N8O3/c1-2-40-18-8-10-24(40)21-38-32(43)23-15-16-28-27(20-23)39-31(41(28)29(30(34)42)14-7-17-37-33(35)36)22-9-6-13-26(19-22)44-25-11-4-3-5-12-25/h3-6,9,11-13,15-16,19-20,24,29H,2,7-8,10,14,17-18,21H2,1H3,(H2,34,42)(H,38,43)(H4,35,36,37)/t24?,29-/m1/s1. The lowest BCUT2D eigenvalue weighted by atomic mass is 10.1. The maximum absolute atomic E-state index is 13.2. The zero-order valence-corrected chi connectivity index (χ0v) is 25.0. The van der Waals surface area contributed by atoms with Crippen LogP contribution in [0, 0.1) is 0 Å². The molecule has 0 spiro atoms. The number of fused-ring (bicyclic) bond motifs is 1. The van der Waals surface area contributed by atoms with Gasteiger partial charge in [0.15, 0.2) is 5.96 Å². The topological polar surface area (TPSA) is 167 Å². The van der Waals surface area contributed by atoms with Crippen LogP contribution in [-0.4, -0.2) is 64.4 Å². The van der Waals surface area contributed by atoms with Crippen LogP contribution in [0.2, 0.25) is 0 Å². The van der Waals surface area contributed by atoms with E-state index in [-0.39, 0.29) is 11.9 Å². The first-order valence-electron chi connectivity index (χ1n) is 15.1. The highest BCUT2D eigenvalue weighted by Crippen LogP contribution is 2.33. The van der Waals surface area contributed by atoms with Gasteiger partial charge in [-0.2, -0.15) is 0 Å². The van der Waals surface area contributed by atoms with Gasteiger partial charge in [0.1, 0.15) is 23.4 Å². The number of nitrogens with one attached hydrogen (secondary N) is 1. The average molecular weight is 597 g/mol. The summed E-state index contributed by atoms with van der Waals surface area (Å²) in [5, 5.41) is 3.10. The first-order chi connectivity index (χ1) is 21.3. The van der Waals surface area contributed by atoms with Crippen LogP contribution < -0.4 is 27.3 Å². The first-order valence-corrected chi connectivity index (χ1v) is 15.1. The minimum absolute atomic E-state index is 0.00855. The Bertz CT molecular complexity index is 1630. The molecule has 1 unspecified atom stereocenters. The van der Waals surface area contributed by atoms with Crippen molar-refractivity contribution in [3.05, 3.63) is 78.4 Å². The molecular formula is C33H40N8O3. The Balaban J connectivity index is 1.50. The van der Waals surface area contributed by atoms with Crippen LogP contribution in [-0.2, 0) is 4.79 Å². The SMILES string of the molecule is CCN1CCCC1CNC(=O)c1ccc2c(c1)nc(-c1cccc(Oc3ccccc3)c1)n2[C@H](CCCN=C(N)N)C(N)=O. The van der Waals surface area contributed by atoms with Crippen LogP contribution in [0.3, 0.4) is 0 Å². The van der Waals surface area contributed by atoms with Crippen molar-refractivity contribution in [1.29, 1.82) is 0 Å². The van der Waals surface area contributed by atoms with Crippen molar-refractivity contribution in [3.8, 4) is 22.9 Å². The van der Waals surface area contributed by atoms with E-state index < -0.39 is 11.9 Å². The number of aromatic nitrogens is 2. The summed E-state index contributed by atoms with van der Waals surface area (Å²) in [4.78, 5) is 37.5. The molecular weight excluding hydrogens is 556 g/mol. The zero-order chi connectivity index (χ0) is 31.1. The second-order valence-electron chi connectivity index (χ2n) is 11.0. The van der Waals surface area contributed by atoms with Crippen LogP contribution in [0.4, 0.5) is 0 Å². The number of rotatable bonds is 13. The van der Waals surface area contributed by atoms with Crippen LogP contribution in [0.5, 0.6) is 11.5 Å². The maximum atomic E-state index is 13.2. The number of imidazole rings is 1. The number of primary amides is 1. The van der Waals surface area contributed by atoms with Crippen molar-refractivity contribution < 1.29 is 14.3 Å². The number of carbonyl (C=O) groups is 2.